The number of rotatable bonds is 3. The number of unbranched alkanes of at least 4 members (excludes halogenated alkanes) is 1. The number of hydrogen-bond acceptors (Lipinski definition) is 3. The molecule has 1 N–H and O–H groups in total. The summed E-state index contributed by atoms with van der Waals surface area (Å²) in [6.45, 7) is 4.02. The molecular weight excluding hydrogens is 202 g/mol. The van der Waals surface area contributed by atoms with E-state index in [1.807, 2.05) is 25.2 Å². The fourth-order valence-electron chi connectivity index (χ4n) is 1.40. The van der Waals surface area contributed by atoms with E-state index in [4.69, 9.17) is 9.78 Å². The molecule has 0 spiro atoms. The van der Waals surface area contributed by atoms with Gasteiger partial charge in [0.25, 0.3) is 0 Å². The zero-order chi connectivity index (χ0) is 11.6. The molecule has 1 aromatic carbocycles. The molecule has 1 heterocycles. The van der Waals surface area contributed by atoms with Gasteiger partial charge in [0, 0.05) is 12.0 Å². The van der Waals surface area contributed by atoms with Crippen LogP contribution in [-0.2, 0) is 11.3 Å². The zero-order valence-electron chi connectivity index (χ0n) is 10.2. The molecule has 90 valence electrons. The van der Waals surface area contributed by atoms with E-state index in [1.54, 1.807) is 0 Å². The lowest BCUT2D eigenvalue weighted by Crippen LogP contribution is -2.10. The van der Waals surface area contributed by atoms with Crippen molar-refractivity contribution < 1.29 is 9.78 Å². The first kappa shape index (κ1) is 13.0. The van der Waals surface area contributed by atoms with E-state index in [0.29, 0.717) is 6.61 Å². The molecule has 0 saturated heterocycles. The van der Waals surface area contributed by atoms with Gasteiger partial charge in [0.1, 0.15) is 0 Å². The minimum atomic E-state index is 0.664. The average molecular weight is 223 g/mol. The number of benzene rings is 1. The van der Waals surface area contributed by atoms with Crippen molar-refractivity contribution in [2.45, 2.75) is 26.2 Å². The van der Waals surface area contributed by atoms with Crippen molar-refractivity contribution in [3.8, 4) is 5.75 Å². The second-order valence-corrected chi connectivity index (χ2v) is 3.72. The van der Waals surface area contributed by atoms with Gasteiger partial charge in [0.2, 0.25) is 0 Å². The van der Waals surface area contributed by atoms with Crippen LogP contribution in [0.3, 0.4) is 0 Å². The van der Waals surface area contributed by atoms with E-state index in [2.05, 4.69) is 18.3 Å². The molecule has 0 atom stereocenters. The van der Waals surface area contributed by atoms with Gasteiger partial charge >= 0.3 is 0 Å². The Hall–Kier alpha value is -1.06. The number of para-hydroxylation sites is 1. The molecule has 1 aliphatic rings. The molecule has 1 aliphatic heterocycles. The number of nitrogens with one attached hydrogen (secondary N) is 1. The van der Waals surface area contributed by atoms with Gasteiger partial charge in [-0.3, -0.25) is 0 Å². The van der Waals surface area contributed by atoms with Crippen LogP contribution in [-0.4, -0.2) is 20.2 Å². The predicted octanol–water partition coefficient (Wildman–Crippen LogP) is 2.56. The molecule has 0 saturated carbocycles. The van der Waals surface area contributed by atoms with E-state index in [0.717, 1.165) is 18.7 Å². The molecule has 1 aromatic rings. The minimum Gasteiger partial charge on any atom is -0.337 e. The zero-order valence-corrected chi connectivity index (χ0v) is 10.2. The summed E-state index contributed by atoms with van der Waals surface area (Å²) in [6.07, 6.45) is 3.55. The molecule has 16 heavy (non-hydrogen) atoms. The third-order valence-electron chi connectivity index (χ3n) is 2.36. The Morgan fingerprint density at radius 2 is 2.12 bits per heavy atom. The Balaban J connectivity index is 0.000000187. The Morgan fingerprint density at radius 3 is 2.75 bits per heavy atom. The van der Waals surface area contributed by atoms with Gasteiger partial charge in [-0.1, -0.05) is 31.5 Å². The van der Waals surface area contributed by atoms with Crippen LogP contribution < -0.4 is 10.2 Å². The van der Waals surface area contributed by atoms with Gasteiger partial charge in [-0.25, -0.2) is 0 Å². The summed E-state index contributed by atoms with van der Waals surface area (Å²) in [5, 5.41) is 3.07. The summed E-state index contributed by atoms with van der Waals surface area (Å²) in [5.74, 6) is 0.855. The standard InChI is InChI=1S/C8H8O2.C5H13N/c1-2-4-8-7(3-1)5-6-9-10-8;1-3-4-5-6-2/h1-4H,5-6H2;6H,3-5H2,1-2H3. The van der Waals surface area contributed by atoms with Gasteiger partial charge in [-0.05, 0) is 26.1 Å². The summed E-state index contributed by atoms with van der Waals surface area (Å²) >= 11 is 0. The Kier molecular flexibility index (Phi) is 6.61. The molecule has 0 unspecified atom stereocenters. The SMILES string of the molecule is CCCCNC.c1ccc2c(c1)CCOO2. The number of hydrogen-bond donors (Lipinski definition) is 1. The van der Waals surface area contributed by atoms with E-state index < -0.39 is 0 Å². The highest BCUT2D eigenvalue weighted by Gasteiger charge is 2.08. The van der Waals surface area contributed by atoms with Gasteiger partial charge in [-0.2, -0.15) is 4.89 Å². The van der Waals surface area contributed by atoms with Crippen LogP contribution in [0.5, 0.6) is 5.75 Å². The van der Waals surface area contributed by atoms with Crippen LogP contribution in [0.15, 0.2) is 24.3 Å². The highest BCUT2D eigenvalue weighted by molar-refractivity contribution is 5.33. The second-order valence-electron chi connectivity index (χ2n) is 3.72. The smallest absolute Gasteiger partial charge is 0.168 e. The molecule has 0 fully saturated rings. The van der Waals surface area contributed by atoms with Crippen LogP contribution in [0.4, 0.5) is 0 Å². The normalized spacial score (nSPS) is 13.1. The van der Waals surface area contributed by atoms with Crippen molar-refractivity contribution in [3.63, 3.8) is 0 Å². The van der Waals surface area contributed by atoms with Crippen molar-refractivity contribution in [2.75, 3.05) is 20.2 Å². The lowest BCUT2D eigenvalue weighted by molar-refractivity contribution is -0.215. The predicted molar refractivity (Wildman–Crippen MR) is 65.6 cm³/mol. The molecule has 0 radical (unpaired) electrons. The van der Waals surface area contributed by atoms with E-state index >= 15 is 0 Å². The first-order chi connectivity index (χ1) is 7.88. The summed E-state index contributed by atoms with van der Waals surface area (Å²) in [6, 6.07) is 7.91. The average Bonchev–Trinajstić information content (AvgIpc) is 2.37. The van der Waals surface area contributed by atoms with Crippen molar-refractivity contribution >= 4 is 0 Å². The van der Waals surface area contributed by atoms with Crippen molar-refractivity contribution in [1.29, 1.82) is 0 Å². The van der Waals surface area contributed by atoms with Crippen LogP contribution >= 0.6 is 0 Å². The number of fused-ring (bicyclic) bond motifs is 1. The lowest BCUT2D eigenvalue weighted by Gasteiger charge is -2.14. The summed E-state index contributed by atoms with van der Waals surface area (Å²) in [7, 11) is 1.98. The van der Waals surface area contributed by atoms with Crippen molar-refractivity contribution in [3.05, 3.63) is 29.8 Å². The van der Waals surface area contributed by atoms with Gasteiger partial charge < -0.3 is 10.2 Å². The van der Waals surface area contributed by atoms with Crippen molar-refractivity contribution in [1.82, 2.24) is 5.32 Å². The highest BCUT2D eigenvalue weighted by Crippen LogP contribution is 2.21. The van der Waals surface area contributed by atoms with Gasteiger partial charge in [0.15, 0.2) is 5.75 Å². The van der Waals surface area contributed by atoms with Crippen LogP contribution in [0.1, 0.15) is 25.3 Å². The fourth-order valence-corrected chi connectivity index (χ4v) is 1.40. The van der Waals surface area contributed by atoms with Crippen molar-refractivity contribution in [2.24, 2.45) is 0 Å². The topological polar surface area (TPSA) is 30.5 Å². The fraction of sp³-hybridized carbons (Fsp3) is 0.538. The third-order valence-corrected chi connectivity index (χ3v) is 2.36. The van der Waals surface area contributed by atoms with E-state index in [1.165, 1.54) is 18.4 Å². The monoisotopic (exact) mass is 223 g/mol. The molecule has 3 nitrogen and oxygen atoms in total. The first-order valence-corrected chi connectivity index (χ1v) is 5.90. The van der Waals surface area contributed by atoms with Crippen LogP contribution in [0.25, 0.3) is 0 Å². The summed E-state index contributed by atoms with van der Waals surface area (Å²) < 4.78 is 0. The highest BCUT2D eigenvalue weighted by atomic mass is 17.2. The van der Waals surface area contributed by atoms with E-state index in [-0.39, 0.29) is 0 Å². The van der Waals surface area contributed by atoms with Gasteiger partial charge in [-0.15, -0.1) is 0 Å². The Bertz CT molecular complexity index is 260. The third kappa shape index (κ3) is 4.64. The first-order valence-electron chi connectivity index (χ1n) is 5.90. The quantitative estimate of drug-likeness (QED) is 0.631. The molecule has 0 aliphatic carbocycles. The maximum atomic E-state index is 4.92. The molecule has 3 heteroatoms. The lowest BCUT2D eigenvalue weighted by atomic mass is 10.1. The Morgan fingerprint density at radius 1 is 1.31 bits per heavy atom. The maximum Gasteiger partial charge on any atom is 0.168 e. The molecule has 0 aromatic heterocycles. The summed E-state index contributed by atoms with van der Waals surface area (Å²) in [4.78, 5) is 9.72. The Labute approximate surface area is 97.7 Å². The minimum absolute atomic E-state index is 0.664. The largest absolute Gasteiger partial charge is 0.337 e. The molecular formula is C13H21NO2. The van der Waals surface area contributed by atoms with Crippen LogP contribution in [0.2, 0.25) is 0 Å². The van der Waals surface area contributed by atoms with Gasteiger partial charge in [0.05, 0.1) is 6.61 Å². The molecule has 0 amide bonds. The molecule has 0 bridgehead atoms. The van der Waals surface area contributed by atoms with E-state index in [9.17, 15) is 0 Å². The van der Waals surface area contributed by atoms with Crippen LogP contribution in [0, 0.1) is 0 Å². The summed E-state index contributed by atoms with van der Waals surface area (Å²) in [5.41, 5.74) is 1.23. The molecule has 2 rings (SSSR count). The maximum absolute atomic E-state index is 4.92. The second kappa shape index (κ2) is 8.13.